The lowest BCUT2D eigenvalue weighted by Crippen LogP contribution is -2.27. The topological polar surface area (TPSA) is 43.3 Å². The van der Waals surface area contributed by atoms with Crippen LogP contribution < -0.4 is 10.9 Å². The molecule has 0 atom stereocenters. The van der Waals surface area contributed by atoms with E-state index in [0.717, 1.165) is 24.9 Å². The Morgan fingerprint density at radius 3 is 3.06 bits per heavy atom. The van der Waals surface area contributed by atoms with Gasteiger partial charge in [0.1, 0.15) is 0 Å². The maximum absolute atomic E-state index is 12.0. The van der Waals surface area contributed by atoms with Gasteiger partial charge in [-0.15, -0.1) is 0 Å². The average Bonchev–Trinajstić information content (AvgIpc) is 3.10. The summed E-state index contributed by atoms with van der Waals surface area (Å²) in [5, 5.41) is 3.19. The maximum atomic E-state index is 12.0. The van der Waals surface area contributed by atoms with Gasteiger partial charge in [0.05, 0.1) is 6.61 Å². The summed E-state index contributed by atoms with van der Waals surface area (Å²) >= 11 is 0. The molecule has 1 N–H and O–H groups in total. The Labute approximate surface area is 95.2 Å². The molecule has 0 bridgehead atoms. The van der Waals surface area contributed by atoms with Gasteiger partial charge >= 0.3 is 0 Å². The number of ether oxygens (including phenoxy) is 1. The minimum atomic E-state index is 0.148. The third-order valence-electron chi connectivity index (χ3n) is 2.79. The molecule has 4 nitrogen and oxygen atoms in total. The molecule has 1 saturated carbocycles. The van der Waals surface area contributed by atoms with Gasteiger partial charge in [-0.05, 0) is 18.9 Å². The molecule has 0 unspecified atom stereocenters. The first-order valence-corrected chi connectivity index (χ1v) is 5.72. The van der Waals surface area contributed by atoms with Crippen molar-refractivity contribution in [1.82, 2.24) is 9.88 Å². The zero-order valence-electron chi connectivity index (χ0n) is 9.61. The van der Waals surface area contributed by atoms with E-state index in [2.05, 4.69) is 5.32 Å². The second-order valence-electron chi connectivity index (χ2n) is 4.15. The van der Waals surface area contributed by atoms with Crippen molar-refractivity contribution in [2.45, 2.75) is 25.4 Å². The van der Waals surface area contributed by atoms with E-state index in [0.29, 0.717) is 19.2 Å². The van der Waals surface area contributed by atoms with Crippen molar-refractivity contribution in [3.63, 3.8) is 0 Å². The van der Waals surface area contributed by atoms with Crippen molar-refractivity contribution in [2.75, 3.05) is 20.3 Å². The van der Waals surface area contributed by atoms with Crippen LogP contribution in [-0.2, 0) is 11.3 Å². The van der Waals surface area contributed by atoms with Gasteiger partial charge in [-0.1, -0.05) is 6.07 Å². The molecule has 16 heavy (non-hydrogen) atoms. The van der Waals surface area contributed by atoms with Crippen LogP contribution in [-0.4, -0.2) is 24.8 Å². The van der Waals surface area contributed by atoms with Gasteiger partial charge in [-0.2, -0.15) is 0 Å². The summed E-state index contributed by atoms with van der Waals surface area (Å²) in [5.74, 6) is 0. The molecule has 0 aliphatic heterocycles. The molecule has 88 valence electrons. The van der Waals surface area contributed by atoms with E-state index in [9.17, 15) is 4.79 Å². The molecule has 1 aromatic heterocycles. The smallest absolute Gasteiger partial charge is 0.255 e. The number of rotatable bonds is 6. The van der Waals surface area contributed by atoms with E-state index < -0.39 is 0 Å². The van der Waals surface area contributed by atoms with E-state index >= 15 is 0 Å². The highest BCUT2D eigenvalue weighted by Gasteiger charge is 2.24. The van der Waals surface area contributed by atoms with Crippen molar-refractivity contribution >= 4 is 0 Å². The molecule has 1 aliphatic carbocycles. The van der Waals surface area contributed by atoms with Crippen LogP contribution >= 0.6 is 0 Å². The lowest BCUT2D eigenvalue weighted by Gasteiger charge is -2.07. The summed E-state index contributed by atoms with van der Waals surface area (Å²) in [5.41, 5.74) is 0.986. The van der Waals surface area contributed by atoms with Gasteiger partial charge in [0.15, 0.2) is 0 Å². The highest BCUT2D eigenvalue weighted by Crippen LogP contribution is 2.33. The zero-order chi connectivity index (χ0) is 11.4. The second kappa shape index (κ2) is 5.27. The molecule has 1 fully saturated rings. The van der Waals surface area contributed by atoms with Crippen LogP contribution in [0, 0.1) is 0 Å². The Morgan fingerprint density at radius 2 is 2.38 bits per heavy atom. The van der Waals surface area contributed by atoms with E-state index in [4.69, 9.17) is 4.74 Å². The lowest BCUT2D eigenvalue weighted by molar-refractivity contribution is 0.199. The van der Waals surface area contributed by atoms with Crippen LogP contribution in [0.4, 0.5) is 0 Å². The molecular formula is C12H18N2O2. The standard InChI is InChI=1S/C12H18N2O2/c1-16-8-6-13-9-10-3-2-7-14(12(10)15)11-4-5-11/h2-3,7,11,13H,4-6,8-9H2,1H3. The summed E-state index contributed by atoms with van der Waals surface area (Å²) in [7, 11) is 1.67. The third kappa shape index (κ3) is 2.71. The monoisotopic (exact) mass is 222 g/mol. The molecule has 0 radical (unpaired) electrons. The van der Waals surface area contributed by atoms with Crippen molar-refractivity contribution in [3.8, 4) is 0 Å². The van der Waals surface area contributed by atoms with Gasteiger partial charge in [0.2, 0.25) is 0 Å². The fraction of sp³-hybridized carbons (Fsp3) is 0.583. The van der Waals surface area contributed by atoms with Crippen LogP contribution in [0.1, 0.15) is 24.4 Å². The predicted molar refractivity (Wildman–Crippen MR) is 62.6 cm³/mol. The van der Waals surface area contributed by atoms with Crippen molar-refractivity contribution in [1.29, 1.82) is 0 Å². The number of hydrogen-bond acceptors (Lipinski definition) is 3. The molecule has 0 saturated heterocycles. The zero-order valence-corrected chi connectivity index (χ0v) is 9.61. The Hall–Kier alpha value is -1.13. The summed E-state index contributed by atoms with van der Waals surface area (Å²) < 4.78 is 6.79. The highest BCUT2D eigenvalue weighted by atomic mass is 16.5. The molecule has 1 aliphatic rings. The van der Waals surface area contributed by atoms with Gasteiger partial charge < -0.3 is 14.6 Å². The molecule has 1 heterocycles. The average molecular weight is 222 g/mol. The summed E-state index contributed by atoms with van der Waals surface area (Å²) in [6.07, 6.45) is 4.17. The molecule has 0 amide bonds. The molecule has 0 aromatic carbocycles. The normalized spacial score (nSPS) is 15.3. The van der Waals surface area contributed by atoms with E-state index in [1.165, 1.54) is 0 Å². The Morgan fingerprint density at radius 1 is 1.56 bits per heavy atom. The number of nitrogens with one attached hydrogen (secondary N) is 1. The quantitative estimate of drug-likeness (QED) is 0.728. The summed E-state index contributed by atoms with van der Waals surface area (Å²) in [6.45, 7) is 2.06. The first kappa shape index (κ1) is 11.4. The predicted octanol–water partition coefficient (Wildman–Crippen LogP) is 0.919. The molecular weight excluding hydrogens is 204 g/mol. The number of hydrogen-bond donors (Lipinski definition) is 1. The van der Waals surface area contributed by atoms with Gasteiger partial charge in [0.25, 0.3) is 5.56 Å². The lowest BCUT2D eigenvalue weighted by atomic mass is 10.2. The first-order chi connectivity index (χ1) is 7.83. The summed E-state index contributed by atoms with van der Waals surface area (Å²) in [4.78, 5) is 12.0. The largest absolute Gasteiger partial charge is 0.383 e. The van der Waals surface area contributed by atoms with Gasteiger partial charge in [-0.3, -0.25) is 4.79 Å². The van der Waals surface area contributed by atoms with Crippen molar-refractivity contribution < 1.29 is 4.74 Å². The van der Waals surface area contributed by atoms with Crippen LogP contribution in [0.15, 0.2) is 23.1 Å². The molecule has 2 rings (SSSR count). The van der Waals surface area contributed by atoms with E-state index in [1.54, 1.807) is 7.11 Å². The Balaban J connectivity index is 1.98. The molecule has 1 aromatic rings. The summed E-state index contributed by atoms with van der Waals surface area (Å²) in [6, 6.07) is 4.29. The minimum absolute atomic E-state index is 0.148. The Bertz CT molecular complexity index is 396. The third-order valence-corrected chi connectivity index (χ3v) is 2.79. The van der Waals surface area contributed by atoms with Crippen molar-refractivity contribution in [3.05, 3.63) is 34.2 Å². The van der Waals surface area contributed by atoms with Crippen LogP contribution in [0.2, 0.25) is 0 Å². The van der Waals surface area contributed by atoms with Crippen LogP contribution in [0.3, 0.4) is 0 Å². The van der Waals surface area contributed by atoms with E-state index in [1.807, 2.05) is 22.9 Å². The van der Waals surface area contributed by atoms with Gasteiger partial charge in [0, 0.05) is 38.0 Å². The number of pyridine rings is 1. The fourth-order valence-electron chi connectivity index (χ4n) is 1.73. The highest BCUT2D eigenvalue weighted by molar-refractivity contribution is 5.11. The molecule has 4 heteroatoms. The SMILES string of the molecule is COCCNCc1cccn(C2CC2)c1=O. The minimum Gasteiger partial charge on any atom is -0.383 e. The van der Waals surface area contributed by atoms with E-state index in [-0.39, 0.29) is 5.56 Å². The Kier molecular flexibility index (Phi) is 3.74. The van der Waals surface area contributed by atoms with Crippen LogP contribution in [0.5, 0.6) is 0 Å². The molecule has 0 spiro atoms. The number of methoxy groups -OCH3 is 1. The van der Waals surface area contributed by atoms with Crippen molar-refractivity contribution in [2.24, 2.45) is 0 Å². The second-order valence-corrected chi connectivity index (χ2v) is 4.15. The number of nitrogens with zero attached hydrogens (tertiary/aromatic N) is 1. The maximum Gasteiger partial charge on any atom is 0.255 e. The first-order valence-electron chi connectivity index (χ1n) is 5.72. The van der Waals surface area contributed by atoms with Crippen LogP contribution in [0.25, 0.3) is 0 Å². The number of aromatic nitrogens is 1. The fourth-order valence-corrected chi connectivity index (χ4v) is 1.73. The van der Waals surface area contributed by atoms with Gasteiger partial charge in [-0.25, -0.2) is 0 Å².